The van der Waals surface area contributed by atoms with Crippen molar-refractivity contribution in [3.05, 3.63) is 0 Å². The van der Waals surface area contributed by atoms with Crippen LogP contribution in [0, 0.1) is 0 Å². The van der Waals surface area contributed by atoms with E-state index in [-0.39, 0.29) is 5.91 Å². The molecule has 5 nitrogen and oxygen atoms in total. The molecule has 84 valence electrons. The Morgan fingerprint density at radius 3 is 2.87 bits per heavy atom. The van der Waals surface area contributed by atoms with E-state index >= 15 is 0 Å². The molecule has 1 amide bonds. The fraction of sp³-hybridized carbons (Fsp3) is 0.800. The summed E-state index contributed by atoms with van der Waals surface area (Å²) in [4.78, 5) is 18.2. The monoisotopic (exact) mass is 210 g/mol. The van der Waals surface area contributed by atoms with Crippen LogP contribution < -0.4 is 10.6 Å². The van der Waals surface area contributed by atoms with E-state index in [0.29, 0.717) is 12.0 Å². The number of nitrogens with one attached hydrogen (secondary N) is 2. The maximum atomic E-state index is 11.9. The molecule has 2 fully saturated rings. The van der Waals surface area contributed by atoms with Crippen molar-refractivity contribution in [2.75, 3.05) is 20.6 Å². The van der Waals surface area contributed by atoms with Crippen LogP contribution >= 0.6 is 0 Å². The molecule has 0 bridgehead atoms. The smallest absolute Gasteiger partial charge is 0.252 e. The van der Waals surface area contributed by atoms with E-state index in [2.05, 4.69) is 34.5 Å². The molecule has 2 aliphatic rings. The van der Waals surface area contributed by atoms with Crippen LogP contribution in [0.1, 0.15) is 19.8 Å². The Hall–Kier alpha value is -1.10. The van der Waals surface area contributed by atoms with Crippen molar-refractivity contribution >= 4 is 11.9 Å². The number of nitrogens with zero attached hydrogens (tertiary/aromatic N) is 2. The summed E-state index contributed by atoms with van der Waals surface area (Å²) in [7, 11) is 3.78. The van der Waals surface area contributed by atoms with E-state index in [4.69, 9.17) is 0 Å². The number of hydrogen-bond acceptors (Lipinski definition) is 3. The van der Waals surface area contributed by atoms with Crippen LogP contribution in [0.25, 0.3) is 0 Å². The van der Waals surface area contributed by atoms with E-state index in [1.54, 1.807) is 7.05 Å². The highest BCUT2D eigenvalue weighted by Crippen LogP contribution is 2.28. The highest BCUT2D eigenvalue weighted by Gasteiger charge is 2.48. The number of guanidine groups is 1. The molecule has 0 aromatic rings. The Morgan fingerprint density at radius 2 is 2.33 bits per heavy atom. The first-order chi connectivity index (χ1) is 7.07. The Kier molecular flexibility index (Phi) is 2.42. The molecule has 15 heavy (non-hydrogen) atoms. The normalized spacial score (nSPS) is 39.5. The molecule has 2 rings (SSSR count). The second-order valence-electron chi connectivity index (χ2n) is 4.52. The number of rotatable bonds is 0. The molecule has 0 aromatic carbocycles. The molecular weight excluding hydrogens is 192 g/mol. The molecule has 0 radical (unpaired) electrons. The van der Waals surface area contributed by atoms with Gasteiger partial charge in [-0.1, -0.05) is 0 Å². The van der Waals surface area contributed by atoms with Crippen LogP contribution in [0.3, 0.4) is 0 Å². The molecule has 1 spiro atoms. The lowest BCUT2D eigenvalue weighted by Gasteiger charge is -2.40. The maximum absolute atomic E-state index is 11.9. The third kappa shape index (κ3) is 1.61. The predicted molar refractivity (Wildman–Crippen MR) is 58.7 cm³/mol. The van der Waals surface area contributed by atoms with Gasteiger partial charge in [0.15, 0.2) is 5.96 Å². The zero-order chi connectivity index (χ0) is 11.1. The van der Waals surface area contributed by atoms with E-state index in [9.17, 15) is 4.79 Å². The quantitative estimate of drug-likeness (QED) is 0.569. The summed E-state index contributed by atoms with van der Waals surface area (Å²) in [5, 5.41) is 6.00. The average molecular weight is 210 g/mol. The standard InChI is InChI=1S/C10H18N4O/c1-7-6-10(4-5-14(7)3)8(15)12-9(11-2)13-10/h7H,4-6H2,1-3H3,(H2,11,12,13,15). The van der Waals surface area contributed by atoms with E-state index in [0.717, 1.165) is 19.4 Å². The third-order valence-electron chi connectivity index (χ3n) is 3.54. The van der Waals surface area contributed by atoms with E-state index in [1.165, 1.54) is 0 Å². The summed E-state index contributed by atoms with van der Waals surface area (Å²) in [6.07, 6.45) is 1.69. The van der Waals surface area contributed by atoms with E-state index < -0.39 is 5.54 Å². The Labute approximate surface area is 89.9 Å². The van der Waals surface area contributed by atoms with Gasteiger partial charge in [0.2, 0.25) is 0 Å². The van der Waals surface area contributed by atoms with Gasteiger partial charge in [-0.25, -0.2) is 0 Å². The minimum Gasteiger partial charge on any atom is -0.342 e. The molecule has 2 unspecified atom stereocenters. The predicted octanol–water partition coefficient (Wildman–Crippen LogP) is -0.455. The van der Waals surface area contributed by atoms with Crippen molar-refractivity contribution < 1.29 is 4.79 Å². The van der Waals surface area contributed by atoms with Crippen molar-refractivity contribution in [3.8, 4) is 0 Å². The second kappa shape index (κ2) is 3.48. The largest absolute Gasteiger partial charge is 0.342 e. The lowest BCUT2D eigenvalue weighted by Crippen LogP contribution is -2.57. The van der Waals surface area contributed by atoms with Gasteiger partial charge in [0.05, 0.1) is 0 Å². The van der Waals surface area contributed by atoms with Crippen LogP contribution in [-0.4, -0.2) is 49.0 Å². The van der Waals surface area contributed by atoms with Gasteiger partial charge in [0.1, 0.15) is 5.54 Å². The summed E-state index contributed by atoms with van der Waals surface area (Å²) in [6.45, 7) is 3.09. The molecule has 2 aliphatic heterocycles. The lowest BCUT2D eigenvalue weighted by molar-refractivity contribution is -0.126. The zero-order valence-corrected chi connectivity index (χ0v) is 9.50. The molecule has 0 aromatic heterocycles. The highest BCUT2D eigenvalue weighted by atomic mass is 16.2. The first-order valence-electron chi connectivity index (χ1n) is 5.34. The molecular formula is C10H18N4O. The minimum atomic E-state index is -0.416. The van der Waals surface area contributed by atoms with Crippen molar-refractivity contribution in [3.63, 3.8) is 0 Å². The summed E-state index contributed by atoms with van der Waals surface area (Å²) in [5.41, 5.74) is -0.416. The maximum Gasteiger partial charge on any atom is 0.252 e. The SMILES string of the molecule is CN=C1NC(=O)C2(CCN(C)C(C)C2)N1. The summed E-state index contributed by atoms with van der Waals surface area (Å²) < 4.78 is 0. The fourth-order valence-corrected chi connectivity index (χ4v) is 2.32. The average Bonchev–Trinajstić information content (AvgIpc) is 2.51. The lowest BCUT2D eigenvalue weighted by atomic mass is 9.84. The first kappa shape index (κ1) is 10.4. The molecule has 5 heteroatoms. The van der Waals surface area contributed by atoms with Crippen molar-refractivity contribution in [2.24, 2.45) is 4.99 Å². The Bertz CT molecular complexity index is 315. The van der Waals surface area contributed by atoms with Gasteiger partial charge in [-0.3, -0.25) is 15.1 Å². The number of carbonyl (C=O) groups is 1. The third-order valence-corrected chi connectivity index (χ3v) is 3.54. The Balaban J connectivity index is 2.18. The highest BCUT2D eigenvalue weighted by molar-refractivity contribution is 6.09. The number of likely N-dealkylation sites (tertiary alicyclic amines) is 1. The van der Waals surface area contributed by atoms with E-state index in [1.807, 2.05) is 0 Å². The Morgan fingerprint density at radius 1 is 1.60 bits per heavy atom. The minimum absolute atomic E-state index is 0.0723. The van der Waals surface area contributed by atoms with Gasteiger partial charge in [0, 0.05) is 19.6 Å². The van der Waals surface area contributed by atoms with Crippen LogP contribution in [0.2, 0.25) is 0 Å². The molecule has 2 heterocycles. The number of piperidine rings is 1. The molecule has 2 saturated heterocycles. The van der Waals surface area contributed by atoms with Gasteiger partial charge in [0.25, 0.3) is 5.91 Å². The van der Waals surface area contributed by atoms with Crippen molar-refractivity contribution in [1.29, 1.82) is 0 Å². The number of aliphatic imine (C=N–C) groups is 1. The van der Waals surface area contributed by atoms with Gasteiger partial charge >= 0.3 is 0 Å². The van der Waals surface area contributed by atoms with Crippen molar-refractivity contribution in [1.82, 2.24) is 15.5 Å². The summed E-state index contributed by atoms with van der Waals surface area (Å²) >= 11 is 0. The molecule has 0 aliphatic carbocycles. The topological polar surface area (TPSA) is 56.7 Å². The number of hydrogen-bond donors (Lipinski definition) is 2. The van der Waals surface area contributed by atoms with Crippen LogP contribution in [0.4, 0.5) is 0 Å². The molecule has 2 N–H and O–H groups in total. The van der Waals surface area contributed by atoms with Crippen molar-refractivity contribution in [2.45, 2.75) is 31.3 Å². The van der Waals surface area contributed by atoms with Crippen LogP contribution in [-0.2, 0) is 4.79 Å². The van der Waals surface area contributed by atoms with Crippen LogP contribution in [0.15, 0.2) is 4.99 Å². The van der Waals surface area contributed by atoms with Gasteiger partial charge in [-0.05, 0) is 26.8 Å². The summed E-state index contributed by atoms with van der Waals surface area (Å²) in [5.74, 6) is 0.680. The fourth-order valence-electron chi connectivity index (χ4n) is 2.32. The van der Waals surface area contributed by atoms with Gasteiger partial charge < -0.3 is 10.2 Å². The summed E-state index contributed by atoms with van der Waals surface area (Å²) in [6, 6.07) is 0.424. The zero-order valence-electron chi connectivity index (χ0n) is 9.50. The first-order valence-corrected chi connectivity index (χ1v) is 5.34. The van der Waals surface area contributed by atoms with Crippen LogP contribution in [0.5, 0.6) is 0 Å². The molecule has 0 saturated carbocycles. The number of carbonyl (C=O) groups excluding carboxylic acids is 1. The second-order valence-corrected chi connectivity index (χ2v) is 4.52. The molecule has 2 atom stereocenters. The van der Waals surface area contributed by atoms with Gasteiger partial charge in [-0.15, -0.1) is 0 Å². The number of amides is 1. The van der Waals surface area contributed by atoms with Gasteiger partial charge in [-0.2, -0.15) is 0 Å².